The van der Waals surface area contributed by atoms with Gasteiger partial charge in [-0.2, -0.15) is 0 Å². The number of rotatable bonds is 4. The molecule has 0 aliphatic heterocycles. The van der Waals surface area contributed by atoms with E-state index in [2.05, 4.69) is 81.9 Å². The van der Waals surface area contributed by atoms with Gasteiger partial charge in [0.1, 0.15) is 11.5 Å². The quantitative estimate of drug-likeness (QED) is 0.214. The van der Waals surface area contributed by atoms with Crippen molar-refractivity contribution in [1.29, 1.82) is 0 Å². The highest BCUT2D eigenvalue weighted by atomic mass is 15.2. The monoisotopic (exact) mass is 564 g/mol. The molecule has 0 aliphatic rings. The fraction of sp³-hybridized carbons (Fsp3) is 0. The third-order valence-electron chi connectivity index (χ3n) is 8.18. The van der Waals surface area contributed by atoms with Crippen molar-refractivity contribution in [2.45, 2.75) is 0 Å². The summed E-state index contributed by atoms with van der Waals surface area (Å²) in [6.07, 6.45) is 1.84. The molecule has 9 rings (SSSR count). The zero-order chi connectivity index (χ0) is 29.0. The van der Waals surface area contributed by atoms with Crippen LogP contribution < -0.4 is 0 Å². The molecule has 0 aliphatic carbocycles. The van der Waals surface area contributed by atoms with Gasteiger partial charge in [-0.25, -0.2) is 15.0 Å². The maximum absolute atomic E-state index is 5.44. The van der Waals surface area contributed by atoms with Crippen LogP contribution in [0.5, 0.6) is 0 Å². The highest BCUT2D eigenvalue weighted by Gasteiger charge is 2.21. The van der Waals surface area contributed by atoms with Gasteiger partial charge in [-0.15, -0.1) is 0 Å². The second-order valence-electron chi connectivity index (χ2n) is 10.8. The molecule has 5 heterocycles. The number of para-hydroxylation sites is 2. The summed E-state index contributed by atoms with van der Waals surface area (Å²) in [6.45, 7) is 0. The second-order valence-corrected chi connectivity index (χ2v) is 10.8. The summed E-state index contributed by atoms with van der Waals surface area (Å²) in [5, 5.41) is 3.21. The zero-order valence-corrected chi connectivity index (χ0v) is 23.5. The van der Waals surface area contributed by atoms with Gasteiger partial charge in [0, 0.05) is 45.2 Å². The van der Waals surface area contributed by atoms with Gasteiger partial charge in [-0.1, -0.05) is 97.1 Å². The van der Waals surface area contributed by atoms with E-state index >= 15 is 0 Å². The van der Waals surface area contributed by atoms with Gasteiger partial charge in [-0.3, -0.25) is 14.1 Å². The van der Waals surface area contributed by atoms with Crippen LogP contribution in [0, 0.1) is 0 Å². The minimum absolute atomic E-state index is 0.653. The van der Waals surface area contributed by atoms with Crippen molar-refractivity contribution in [3.63, 3.8) is 0 Å². The molecule has 0 amide bonds. The number of benzene rings is 4. The van der Waals surface area contributed by atoms with E-state index in [1.165, 1.54) is 0 Å². The van der Waals surface area contributed by atoms with Crippen molar-refractivity contribution in [2.75, 3.05) is 0 Å². The first-order chi connectivity index (χ1) is 21.8. The molecule has 0 bridgehead atoms. The van der Waals surface area contributed by atoms with Crippen molar-refractivity contribution in [3.8, 4) is 34.2 Å². The third-order valence-corrected chi connectivity index (χ3v) is 8.18. The minimum Gasteiger partial charge on any atom is -0.294 e. The maximum Gasteiger partial charge on any atom is 0.162 e. The predicted molar refractivity (Wildman–Crippen MR) is 177 cm³/mol. The van der Waals surface area contributed by atoms with E-state index in [4.69, 9.17) is 19.9 Å². The van der Waals surface area contributed by atoms with E-state index in [1.807, 2.05) is 72.9 Å². The molecule has 5 aromatic heterocycles. The summed E-state index contributed by atoms with van der Waals surface area (Å²) in [5.41, 5.74) is 8.48. The zero-order valence-electron chi connectivity index (χ0n) is 23.5. The molecule has 206 valence electrons. The number of pyridine rings is 2. The van der Waals surface area contributed by atoms with Crippen molar-refractivity contribution in [3.05, 3.63) is 146 Å². The average Bonchev–Trinajstić information content (AvgIpc) is 3.60. The first-order valence-electron chi connectivity index (χ1n) is 14.6. The normalized spacial score (nSPS) is 11.6. The maximum atomic E-state index is 5.44. The Balaban J connectivity index is 1.41. The molecule has 44 heavy (non-hydrogen) atoms. The fourth-order valence-corrected chi connectivity index (χ4v) is 6.21. The van der Waals surface area contributed by atoms with E-state index in [-0.39, 0.29) is 0 Å². The second kappa shape index (κ2) is 9.71. The predicted octanol–water partition coefficient (Wildman–Crippen LogP) is 8.79. The molecule has 0 saturated heterocycles. The Morgan fingerprint density at radius 1 is 0.455 bits per heavy atom. The van der Waals surface area contributed by atoms with Gasteiger partial charge in [0.15, 0.2) is 11.5 Å². The lowest BCUT2D eigenvalue weighted by Gasteiger charge is -2.12. The third kappa shape index (κ3) is 3.75. The largest absolute Gasteiger partial charge is 0.294 e. The molecule has 9 aromatic rings. The number of aromatic nitrogens is 6. The number of hydrogen-bond donors (Lipinski definition) is 0. The van der Waals surface area contributed by atoms with E-state index in [0.717, 1.165) is 72.3 Å². The molecule has 0 N–H and O–H groups in total. The summed E-state index contributed by atoms with van der Waals surface area (Å²) >= 11 is 0. The molecule has 6 heteroatoms. The summed E-state index contributed by atoms with van der Waals surface area (Å²) in [4.78, 5) is 20.5. The van der Waals surface area contributed by atoms with E-state index in [9.17, 15) is 0 Å². The molecule has 0 atom stereocenters. The minimum atomic E-state index is 0.653. The van der Waals surface area contributed by atoms with Gasteiger partial charge in [-0.05, 0) is 36.4 Å². The van der Waals surface area contributed by atoms with Gasteiger partial charge in [0.05, 0.1) is 22.2 Å². The van der Waals surface area contributed by atoms with Crippen LogP contribution >= 0.6 is 0 Å². The number of fused-ring (bicyclic) bond motifs is 6. The first kappa shape index (κ1) is 24.5. The Labute approximate surface area is 252 Å². The molecule has 0 radical (unpaired) electrons. The van der Waals surface area contributed by atoms with Crippen molar-refractivity contribution in [2.24, 2.45) is 0 Å². The van der Waals surface area contributed by atoms with Gasteiger partial charge in [0.25, 0.3) is 0 Å². The van der Waals surface area contributed by atoms with Crippen LogP contribution in [0.4, 0.5) is 0 Å². The summed E-state index contributed by atoms with van der Waals surface area (Å²) in [7, 11) is 0. The van der Waals surface area contributed by atoms with Crippen LogP contribution in [0.15, 0.2) is 146 Å². The van der Waals surface area contributed by atoms with Crippen LogP contribution in [0.25, 0.3) is 78.2 Å². The standard InChI is InChI=1S/C38H24N6/c1-4-13-25(14-5-1)31-24-34(41-36(40-31)26-15-6-2-7-16-26)44-33-21-12-22-39-35(33)30-23-29-28-19-10-11-20-32(28)43(37(29)42-38(30)44)27-17-8-3-9-18-27/h1-24H. The van der Waals surface area contributed by atoms with Gasteiger partial charge < -0.3 is 0 Å². The molecule has 0 unspecified atom stereocenters. The molecular formula is C38H24N6. The highest BCUT2D eigenvalue weighted by molar-refractivity contribution is 6.15. The molecule has 0 fully saturated rings. The van der Waals surface area contributed by atoms with E-state index in [1.54, 1.807) is 0 Å². The summed E-state index contributed by atoms with van der Waals surface area (Å²) < 4.78 is 4.37. The Hall–Kier alpha value is -6.14. The van der Waals surface area contributed by atoms with Crippen molar-refractivity contribution in [1.82, 2.24) is 29.1 Å². The Kier molecular flexibility index (Phi) is 5.40. The average molecular weight is 565 g/mol. The van der Waals surface area contributed by atoms with E-state index in [0.29, 0.717) is 5.82 Å². The lowest BCUT2D eigenvalue weighted by Crippen LogP contribution is -2.04. The Morgan fingerprint density at radius 2 is 1.11 bits per heavy atom. The number of hydrogen-bond acceptors (Lipinski definition) is 4. The fourth-order valence-electron chi connectivity index (χ4n) is 6.21. The molecule has 0 spiro atoms. The Bertz CT molecular complexity index is 2420. The SMILES string of the molecule is c1ccc(-c2cc(-n3c4cccnc4c4cc5c6ccccc6n(-c6ccccc6)c5nc43)nc(-c3ccccc3)n2)cc1. The van der Waals surface area contributed by atoms with Gasteiger partial charge >= 0.3 is 0 Å². The van der Waals surface area contributed by atoms with Crippen LogP contribution in [-0.2, 0) is 0 Å². The van der Waals surface area contributed by atoms with Crippen molar-refractivity contribution < 1.29 is 0 Å². The highest BCUT2D eigenvalue weighted by Crippen LogP contribution is 2.37. The Morgan fingerprint density at radius 3 is 1.91 bits per heavy atom. The lowest BCUT2D eigenvalue weighted by atomic mass is 10.1. The van der Waals surface area contributed by atoms with Gasteiger partial charge in [0.2, 0.25) is 0 Å². The molecule has 0 saturated carbocycles. The molecular weight excluding hydrogens is 540 g/mol. The molecule has 4 aromatic carbocycles. The smallest absolute Gasteiger partial charge is 0.162 e. The topological polar surface area (TPSA) is 61.4 Å². The first-order valence-corrected chi connectivity index (χ1v) is 14.6. The van der Waals surface area contributed by atoms with Crippen LogP contribution in [-0.4, -0.2) is 29.1 Å². The molecule has 6 nitrogen and oxygen atoms in total. The summed E-state index contributed by atoms with van der Waals surface area (Å²) in [5.74, 6) is 1.39. The lowest BCUT2D eigenvalue weighted by molar-refractivity contribution is 1.03. The van der Waals surface area contributed by atoms with E-state index < -0.39 is 0 Å². The summed E-state index contributed by atoms with van der Waals surface area (Å²) in [6, 6.07) is 47.6. The van der Waals surface area contributed by atoms with Crippen LogP contribution in [0.2, 0.25) is 0 Å². The number of nitrogens with zero attached hydrogens (tertiary/aromatic N) is 6. The van der Waals surface area contributed by atoms with Crippen LogP contribution in [0.1, 0.15) is 0 Å². The van der Waals surface area contributed by atoms with Crippen molar-refractivity contribution >= 4 is 44.0 Å². The van der Waals surface area contributed by atoms with Crippen LogP contribution in [0.3, 0.4) is 0 Å².